The first kappa shape index (κ1) is 51.5. The summed E-state index contributed by atoms with van der Waals surface area (Å²) in [5, 5.41) is 17.6. The molecular weight excluding hydrogens is 989 g/mol. The van der Waals surface area contributed by atoms with E-state index in [0.29, 0.717) is 54.8 Å². The van der Waals surface area contributed by atoms with E-state index in [2.05, 4.69) is 37.9 Å². The summed E-state index contributed by atoms with van der Waals surface area (Å²) < 4.78 is 44.8. The molecule has 5 amide bonds. The summed E-state index contributed by atoms with van der Waals surface area (Å²) in [6, 6.07) is 10.1. The number of aromatic hydroxyl groups is 1. The largest absolute Gasteiger partial charge is 0.508 e. The quantitative estimate of drug-likeness (QED) is 0.0362. The number of piperidine rings is 1. The molecule has 11 rings (SSSR count). The summed E-state index contributed by atoms with van der Waals surface area (Å²) in [5.74, 6) is -0.775. The molecule has 2 aromatic heterocycles. The number of carbonyl (C=O) groups excluding carboxylic acids is 5. The molecule has 3 aromatic carbocycles. The van der Waals surface area contributed by atoms with E-state index in [1.54, 1.807) is 24.1 Å². The third-order valence-electron chi connectivity index (χ3n) is 16.5. The number of anilines is 1. The number of phenolic OH excluding ortho intramolecular Hbond substituents is 1. The normalized spacial score (nSPS) is 23.0. The van der Waals surface area contributed by atoms with Crippen molar-refractivity contribution < 1.29 is 47.3 Å². The van der Waals surface area contributed by atoms with Gasteiger partial charge in [0.25, 0.3) is 11.8 Å². The van der Waals surface area contributed by atoms with E-state index >= 15 is 8.78 Å². The van der Waals surface area contributed by atoms with Gasteiger partial charge in [-0.3, -0.25) is 39.3 Å². The molecule has 0 radical (unpaired) electrons. The number of nitrogens with one attached hydrogen (secondary N) is 2. The number of hydrogen-bond acceptors (Lipinski definition) is 14. The van der Waals surface area contributed by atoms with Crippen LogP contribution in [0.3, 0.4) is 0 Å². The molecule has 400 valence electrons. The molecule has 6 aliphatic rings. The van der Waals surface area contributed by atoms with Gasteiger partial charge >= 0.3 is 12.1 Å². The van der Waals surface area contributed by atoms with E-state index in [1.165, 1.54) is 30.5 Å². The summed E-state index contributed by atoms with van der Waals surface area (Å²) in [6.07, 6.45) is 17.6. The number of fused-ring (bicyclic) bond motifs is 6. The number of amides is 5. The predicted molar refractivity (Wildman–Crippen MR) is 282 cm³/mol. The fourth-order valence-corrected chi connectivity index (χ4v) is 12.6. The Bertz CT molecular complexity index is 3300. The number of aromatic nitrogens is 3. The molecule has 5 atom stereocenters. The Morgan fingerprint density at radius 1 is 0.948 bits per heavy atom. The molecule has 5 fully saturated rings. The molecule has 2 bridgehead atoms. The molecule has 0 saturated carbocycles. The van der Waals surface area contributed by atoms with Crippen LogP contribution in [0.4, 0.5) is 19.4 Å². The van der Waals surface area contributed by atoms with Crippen molar-refractivity contribution in [3.63, 3.8) is 0 Å². The van der Waals surface area contributed by atoms with Gasteiger partial charge < -0.3 is 29.7 Å². The van der Waals surface area contributed by atoms with Crippen LogP contribution in [-0.4, -0.2) is 141 Å². The zero-order valence-corrected chi connectivity index (χ0v) is 43.0. The Hall–Kier alpha value is -7.56. The van der Waals surface area contributed by atoms with E-state index in [1.807, 2.05) is 6.07 Å². The van der Waals surface area contributed by atoms with Gasteiger partial charge in [0, 0.05) is 74.9 Å². The van der Waals surface area contributed by atoms with Crippen molar-refractivity contribution in [2.24, 2.45) is 0 Å². The Morgan fingerprint density at radius 3 is 2.49 bits per heavy atom. The van der Waals surface area contributed by atoms with Crippen LogP contribution in [0, 0.1) is 24.0 Å². The average Bonchev–Trinajstić information content (AvgIpc) is 4.22. The number of pyridine rings is 1. The summed E-state index contributed by atoms with van der Waals surface area (Å²) in [5.41, 5.74) is 1.92. The van der Waals surface area contributed by atoms with Gasteiger partial charge in [-0.1, -0.05) is 55.9 Å². The van der Waals surface area contributed by atoms with Crippen LogP contribution in [0.25, 0.3) is 32.9 Å². The predicted octanol–water partition coefficient (Wildman–Crippen LogP) is 7.35. The topological polar surface area (TPSA) is 200 Å². The molecular formula is C58H61F2N9O8. The second-order valence-electron chi connectivity index (χ2n) is 21.7. The van der Waals surface area contributed by atoms with E-state index in [0.717, 1.165) is 86.7 Å². The summed E-state index contributed by atoms with van der Waals surface area (Å²) in [7, 11) is 1.75. The number of rotatable bonds is 17. The zero-order valence-electron chi connectivity index (χ0n) is 43.0. The van der Waals surface area contributed by atoms with Crippen LogP contribution in [-0.2, 0) is 20.7 Å². The lowest BCUT2D eigenvalue weighted by Crippen LogP contribution is -2.54. The fourth-order valence-electron chi connectivity index (χ4n) is 12.6. The van der Waals surface area contributed by atoms with E-state index < -0.39 is 46.8 Å². The maximum atomic E-state index is 17.2. The molecule has 0 spiro atoms. The third kappa shape index (κ3) is 9.93. The van der Waals surface area contributed by atoms with Crippen molar-refractivity contribution in [2.75, 3.05) is 51.3 Å². The molecule has 5 aromatic rings. The molecule has 8 heterocycles. The van der Waals surface area contributed by atoms with Gasteiger partial charge in [0.05, 0.1) is 27.6 Å². The van der Waals surface area contributed by atoms with Crippen LogP contribution in [0.5, 0.6) is 11.8 Å². The van der Waals surface area contributed by atoms with Gasteiger partial charge in [-0.2, -0.15) is 9.97 Å². The number of ether oxygens (including phenoxy) is 2. The summed E-state index contributed by atoms with van der Waals surface area (Å²) in [6.45, 7) is 7.17. The van der Waals surface area contributed by atoms with E-state index in [-0.39, 0.29) is 95.3 Å². The van der Waals surface area contributed by atoms with Crippen molar-refractivity contribution in [3.05, 3.63) is 94.7 Å². The fraction of sp³-hybridized carbons (Fsp3) is 0.448. The highest BCUT2D eigenvalue weighted by Crippen LogP contribution is 2.45. The smallest absolute Gasteiger partial charge is 0.409 e. The second-order valence-corrected chi connectivity index (χ2v) is 21.7. The molecule has 5 saturated heterocycles. The lowest BCUT2D eigenvalue weighted by molar-refractivity contribution is -0.136. The number of nitrogens with zero attached hydrogens (tertiary/aromatic N) is 7. The van der Waals surface area contributed by atoms with Crippen molar-refractivity contribution in [2.45, 2.75) is 120 Å². The van der Waals surface area contributed by atoms with E-state index in [4.69, 9.17) is 25.9 Å². The molecule has 3 unspecified atom stereocenters. The Balaban J connectivity index is 0.683. The molecule has 19 heteroatoms. The second kappa shape index (κ2) is 21.1. The van der Waals surface area contributed by atoms with Crippen LogP contribution in [0.1, 0.15) is 115 Å². The lowest BCUT2D eigenvalue weighted by Gasteiger charge is -2.35. The lowest BCUT2D eigenvalue weighted by atomic mass is 9.94. The number of phenols is 1. The first-order valence-electron chi connectivity index (χ1n) is 26.8. The van der Waals surface area contributed by atoms with Crippen LogP contribution in [0.15, 0.2) is 60.8 Å². The Kier molecular flexibility index (Phi) is 14.1. The highest BCUT2D eigenvalue weighted by molar-refractivity contribution is 6.23. The highest BCUT2D eigenvalue weighted by Gasteiger charge is 2.52. The van der Waals surface area contributed by atoms with Crippen LogP contribution < -0.4 is 20.3 Å². The maximum absolute atomic E-state index is 17.2. The minimum Gasteiger partial charge on any atom is -0.508 e. The van der Waals surface area contributed by atoms with Gasteiger partial charge in [0.15, 0.2) is 5.82 Å². The third-order valence-corrected chi connectivity index (χ3v) is 16.5. The van der Waals surface area contributed by atoms with Crippen molar-refractivity contribution in [3.8, 4) is 35.4 Å². The zero-order chi connectivity index (χ0) is 53.7. The van der Waals surface area contributed by atoms with Crippen molar-refractivity contribution in [1.82, 2.24) is 40.3 Å². The number of terminal acetylenes is 1. The Morgan fingerprint density at radius 2 is 1.71 bits per heavy atom. The number of carbonyl (C=O) groups is 5. The molecule has 17 nitrogen and oxygen atoms in total. The molecule has 3 N–H and O–H groups in total. The minimum absolute atomic E-state index is 0.00921. The van der Waals surface area contributed by atoms with Gasteiger partial charge in [-0.05, 0) is 99.1 Å². The minimum atomic E-state index is -0.990. The van der Waals surface area contributed by atoms with Gasteiger partial charge in [0.1, 0.15) is 47.9 Å². The number of benzene rings is 3. The number of unbranched alkanes of at least 4 members (excludes halogenated alkanes) is 5. The maximum Gasteiger partial charge on any atom is 0.409 e. The standard InChI is InChI=1S/C58H61F2N9O8/c1-4-40-45(59)17-13-35-24-39(70)25-43(48(35)40)50-49(60)51-44(27-61-50)52(67-29-36-14-15-37(30-67)62-36)65-56(64-51)77-32-58-21-20-38(68(58)28-33(2)26-58)31-76-57(75)66(3)22-10-8-6-5-7-9-11-34-12-16-41-42(23-34)55(74)69(54(41)73)46-18-19-47(71)63-53(46)72/h1,12-13,16-17,23-25,27,36-38,46,62,70H,2,5-11,14-15,18-22,26,28-32H2,3H3,(H,63,71,72)/t36?,37?,38-,46?,58-/m0/s1. The van der Waals surface area contributed by atoms with Gasteiger partial charge in [0.2, 0.25) is 11.8 Å². The van der Waals surface area contributed by atoms with E-state index in [9.17, 15) is 29.1 Å². The molecule has 77 heavy (non-hydrogen) atoms. The van der Waals surface area contributed by atoms with Gasteiger partial charge in [-0.25, -0.2) is 13.6 Å². The first-order chi connectivity index (χ1) is 37.2. The van der Waals surface area contributed by atoms with Crippen molar-refractivity contribution >= 4 is 57.2 Å². The number of imide groups is 2. The highest BCUT2D eigenvalue weighted by atomic mass is 19.1. The summed E-state index contributed by atoms with van der Waals surface area (Å²) >= 11 is 0. The number of aryl methyl sites for hydroxylation is 1. The molecule has 6 aliphatic heterocycles. The summed E-state index contributed by atoms with van der Waals surface area (Å²) in [4.78, 5) is 84.8. The Labute approximate surface area is 444 Å². The average molecular weight is 1050 g/mol. The number of hydrogen-bond donors (Lipinski definition) is 3. The number of piperazine rings is 1. The van der Waals surface area contributed by atoms with Crippen LogP contribution in [0.2, 0.25) is 0 Å². The first-order valence-corrected chi connectivity index (χ1v) is 26.8. The van der Waals surface area contributed by atoms with Gasteiger partial charge in [-0.15, -0.1) is 6.42 Å². The van der Waals surface area contributed by atoms with Crippen LogP contribution >= 0.6 is 0 Å². The van der Waals surface area contributed by atoms with Crippen molar-refractivity contribution in [1.29, 1.82) is 0 Å². The molecule has 0 aliphatic carbocycles. The number of halogens is 2. The monoisotopic (exact) mass is 1050 g/mol. The SMILES string of the molecule is C#Cc1c(F)ccc2cc(O)cc(-c3ncc4c(N5CC6CCC(C5)N6)nc(OC[C@@]56CC[C@@H](COC(=O)N(C)CCCCCCCCc7ccc8c(c7)C(=O)N(C7CCC(=O)NC7=O)C8=O)N5CC(=C)C6)nc4c3F)c12.